The molecule has 3 heteroatoms. The lowest BCUT2D eigenvalue weighted by atomic mass is 10.0. The van der Waals surface area contributed by atoms with E-state index in [2.05, 4.69) is 13.8 Å². The van der Waals surface area contributed by atoms with E-state index in [0.717, 1.165) is 25.7 Å². The third-order valence-electron chi connectivity index (χ3n) is 6.28. The zero-order valence-corrected chi connectivity index (χ0v) is 21.4. The largest absolute Gasteiger partial charge is 0.454 e. The number of hydrogen-bond acceptors (Lipinski definition) is 3. The highest BCUT2D eigenvalue weighted by Crippen LogP contribution is 2.15. The smallest absolute Gasteiger partial charge is 0.306 e. The van der Waals surface area contributed by atoms with Gasteiger partial charge in [-0.1, -0.05) is 129 Å². The lowest BCUT2D eigenvalue weighted by molar-refractivity contribution is -0.155. The minimum atomic E-state index is -0.523. The molecule has 1 atom stereocenters. The summed E-state index contributed by atoms with van der Waals surface area (Å²) in [5.74, 6) is -0.195. The molecule has 0 aliphatic rings. The summed E-state index contributed by atoms with van der Waals surface area (Å²) >= 11 is 0. The van der Waals surface area contributed by atoms with Crippen LogP contribution >= 0.6 is 0 Å². The summed E-state index contributed by atoms with van der Waals surface area (Å²) in [5, 5.41) is 0. The predicted octanol–water partition coefficient (Wildman–Crippen LogP) is 9.11. The first-order valence-electron chi connectivity index (χ1n) is 13.8. The van der Waals surface area contributed by atoms with Gasteiger partial charge in [0.15, 0.2) is 11.9 Å². The van der Waals surface area contributed by atoms with Crippen molar-refractivity contribution in [2.45, 2.75) is 168 Å². The lowest BCUT2D eigenvalue weighted by Crippen LogP contribution is -2.25. The van der Waals surface area contributed by atoms with E-state index in [1.807, 2.05) is 0 Å². The number of unbranched alkanes of at least 4 members (excludes halogenated alkanes) is 18. The molecule has 184 valence electrons. The Morgan fingerprint density at radius 3 is 1.29 bits per heavy atom. The number of hydrogen-bond donors (Lipinski definition) is 0. The molecule has 0 aromatic rings. The maximum atomic E-state index is 12.1. The van der Waals surface area contributed by atoms with Crippen LogP contribution in [0, 0.1) is 0 Å². The van der Waals surface area contributed by atoms with Crippen LogP contribution in [0.15, 0.2) is 0 Å². The summed E-state index contributed by atoms with van der Waals surface area (Å²) in [5.41, 5.74) is 0. The second-order valence-electron chi connectivity index (χ2n) is 9.49. The van der Waals surface area contributed by atoms with E-state index in [1.54, 1.807) is 6.92 Å². The summed E-state index contributed by atoms with van der Waals surface area (Å²) in [6.07, 6.45) is 25.9. The van der Waals surface area contributed by atoms with E-state index in [4.69, 9.17) is 4.74 Å². The number of esters is 1. The van der Waals surface area contributed by atoms with Crippen LogP contribution in [0.5, 0.6) is 0 Å². The maximum absolute atomic E-state index is 12.1. The molecule has 0 unspecified atom stereocenters. The van der Waals surface area contributed by atoms with Gasteiger partial charge in [-0.3, -0.25) is 9.59 Å². The SMILES string of the molecule is CCCCCCCCCCCCCC(=O)O[C@H](CCCCCCCCCCC)C(C)=O. The molecule has 0 aromatic carbocycles. The number of Topliss-reactive ketones (excluding diaryl/α,β-unsaturated/α-hetero) is 1. The molecule has 0 spiro atoms. The fourth-order valence-corrected chi connectivity index (χ4v) is 4.14. The molecule has 0 rings (SSSR count). The highest BCUT2D eigenvalue weighted by molar-refractivity contribution is 5.83. The average molecular weight is 439 g/mol. The summed E-state index contributed by atoms with van der Waals surface area (Å²) in [6, 6.07) is 0. The zero-order valence-electron chi connectivity index (χ0n) is 21.4. The van der Waals surface area contributed by atoms with Crippen molar-refractivity contribution >= 4 is 11.8 Å². The molecule has 31 heavy (non-hydrogen) atoms. The van der Waals surface area contributed by atoms with Gasteiger partial charge >= 0.3 is 5.97 Å². The van der Waals surface area contributed by atoms with Crippen molar-refractivity contribution in [3.63, 3.8) is 0 Å². The second kappa shape index (κ2) is 23.8. The molecule has 0 fully saturated rings. The molecule has 0 saturated carbocycles. The Labute approximate surface area is 194 Å². The van der Waals surface area contributed by atoms with Gasteiger partial charge in [0.1, 0.15) is 0 Å². The fourth-order valence-electron chi connectivity index (χ4n) is 4.14. The highest BCUT2D eigenvalue weighted by atomic mass is 16.5. The van der Waals surface area contributed by atoms with Gasteiger partial charge in [-0.15, -0.1) is 0 Å². The van der Waals surface area contributed by atoms with Gasteiger partial charge < -0.3 is 4.74 Å². The first-order valence-corrected chi connectivity index (χ1v) is 13.8. The zero-order chi connectivity index (χ0) is 23.0. The van der Waals surface area contributed by atoms with E-state index in [-0.39, 0.29) is 11.8 Å². The second-order valence-corrected chi connectivity index (χ2v) is 9.49. The molecule has 0 aromatic heterocycles. The van der Waals surface area contributed by atoms with E-state index in [9.17, 15) is 9.59 Å². The molecule has 0 aliphatic carbocycles. The summed E-state index contributed by atoms with van der Waals surface area (Å²) < 4.78 is 5.49. The fraction of sp³-hybridized carbons (Fsp3) is 0.929. The van der Waals surface area contributed by atoms with Crippen molar-refractivity contribution in [2.24, 2.45) is 0 Å². The van der Waals surface area contributed by atoms with E-state index in [0.29, 0.717) is 12.8 Å². The minimum Gasteiger partial charge on any atom is -0.454 e. The van der Waals surface area contributed by atoms with Gasteiger partial charge in [-0.25, -0.2) is 0 Å². The Balaban J connectivity index is 3.61. The van der Waals surface area contributed by atoms with Crippen LogP contribution in [0.1, 0.15) is 162 Å². The van der Waals surface area contributed by atoms with Gasteiger partial charge in [0, 0.05) is 6.42 Å². The van der Waals surface area contributed by atoms with Gasteiger partial charge in [0.25, 0.3) is 0 Å². The Morgan fingerprint density at radius 2 is 0.903 bits per heavy atom. The summed E-state index contributed by atoms with van der Waals surface area (Å²) in [6.45, 7) is 6.05. The molecular formula is C28H54O3. The van der Waals surface area contributed by atoms with Crippen molar-refractivity contribution < 1.29 is 14.3 Å². The van der Waals surface area contributed by atoms with Crippen molar-refractivity contribution in [3.05, 3.63) is 0 Å². The normalized spacial score (nSPS) is 12.1. The average Bonchev–Trinajstić information content (AvgIpc) is 2.75. The maximum Gasteiger partial charge on any atom is 0.306 e. The number of rotatable bonds is 24. The molecule has 0 N–H and O–H groups in total. The first kappa shape index (κ1) is 30.1. The molecular weight excluding hydrogens is 384 g/mol. The Kier molecular flexibility index (Phi) is 23.1. The molecule has 0 bridgehead atoms. The Morgan fingerprint density at radius 1 is 0.548 bits per heavy atom. The first-order chi connectivity index (χ1) is 15.1. The topological polar surface area (TPSA) is 43.4 Å². The third-order valence-corrected chi connectivity index (χ3v) is 6.28. The third kappa shape index (κ3) is 22.1. The summed E-state index contributed by atoms with van der Waals surface area (Å²) in [4.78, 5) is 23.9. The minimum absolute atomic E-state index is 0.00754. The van der Waals surface area contributed by atoms with Gasteiger partial charge in [0.05, 0.1) is 0 Å². The standard InChI is InChI=1S/C28H54O3/c1-4-6-8-10-12-14-15-17-19-21-23-25-28(30)31-27(26(3)29)24-22-20-18-16-13-11-9-7-5-2/h27H,4-25H2,1-3H3/t27-/m1/s1. The van der Waals surface area contributed by atoms with Crippen LogP contribution in [0.3, 0.4) is 0 Å². The van der Waals surface area contributed by atoms with Crippen molar-refractivity contribution in [2.75, 3.05) is 0 Å². The Hall–Kier alpha value is -0.860. The molecule has 0 radical (unpaired) electrons. The van der Waals surface area contributed by atoms with Gasteiger partial charge in [0.2, 0.25) is 0 Å². The van der Waals surface area contributed by atoms with Crippen LogP contribution in [0.25, 0.3) is 0 Å². The highest BCUT2D eigenvalue weighted by Gasteiger charge is 2.18. The van der Waals surface area contributed by atoms with E-state index in [1.165, 1.54) is 103 Å². The van der Waals surface area contributed by atoms with Crippen molar-refractivity contribution in [3.8, 4) is 0 Å². The monoisotopic (exact) mass is 438 g/mol. The van der Waals surface area contributed by atoms with Crippen LogP contribution in [0.4, 0.5) is 0 Å². The number of carbonyl (C=O) groups excluding carboxylic acids is 2. The van der Waals surface area contributed by atoms with Crippen molar-refractivity contribution in [1.82, 2.24) is 0 Å². The summed E-state index contributed by atoms with van der Waals surface area (Å²) in [7, 11) is 0. The van der Waals surface area contributed by atoms with Gasteiger partial charge in [-0.05, 0) is 26.2 Å². The number of ketones is 1. The lowest BCUT2D eigenvalue weighted by Gasteiger charge is -2.15. The van der Waals surface area contributed by atoms with Gasteiger partial charge in [-0.2, -0.15) is 0 Å². The molecule has 0 amide bonds. The van der Waals surface area contributed by atoms with Crippen LogP contribution < -0.4 is 0 Å². The predicted molar refractivity (Wildman–Crippen MR) is 133 cm³/mol. The van der Waals surface area contributed by atoms with Crippen LogP contribution in [-0.4, -0.2) is 17.9 Å². The Bertz CT molecular complexity index is 405. The number of ether oxygens (including phenoxy) is 1. The molecule has 0 saturated heterocycles. The number of carbonyl (C=O) groups is 2. The van der Waals surface area contributed by atoms with Crippen molar-refractivity contribution in [1.29, 1.82) is 0 Å². The van der Waals surface area contributed by atoms with Crippen LogP contribution in [-0.2, 0) is 14.3 Å². The van der Waals surface area contributed by atoms with E-state index >= 15 is 0 Å². The van der Waals surface area contributed by atoms with Crippen LogP contribution in [0.2, 0.25) is 0 Å². The molecule has 3 nitrogen and oxygen atoms in total. The molecule has 0 aliphatic heterocycles. The quantitative estimate of drug-likeness (QED) is 0.111. The van der Waals surface area contributed by atoms with E-state index < -0.39 is 6.10 Å². The molecule has 0 heterocycles.